The lowest BCUT2D eigenvalue weighted by atomic mass is 10.1. The molecule has 1 aliphatic heterocycles. The van der Waals surface area contributed by atoms with Crippen molar-refractivity contribution in [3.8, 4) is 0 Å². The van der Waals surface area contributed by atoms with Crippen LogP contribution in [0.4, 0.5) is 5.95 Å². The molecule has 5 nitrogen and oxygen atoms in total. The average molecular weight is 323 g/mol. The zero-order chi connectivity index (χ0) is 16.4. The maximum atomic E-state index is 6.25. The highest BCUT2D eigenvalue weighted by atomic mass is 28.4. The standard InChI is InChI=1S/C16H30N4OSi/c1-12(11-21-22(5,6)16(2,3)4)19-15-18-9-13-7-8-17-10-14(13)20-15/h9,12,17H,7-8,10-11H2,1-6H3,(H,18,19,20)/t12-/m0/s1. The molecule has 0 aromatic carbocycles. The Bertz CT molecular complexity index is 513. The van der Waals surface area contributed by atoms with Gasteiger partial charge in [-0.25, -0.2) is 9.97 Å². The number of nitrogens with one attached hydrogen (secondary N) is 2. The SMILES string of the molecule is C[C@@H](CO[Si](C)(C)C(C)(C)C)Nc1ncc2c(n1)CNCC2. The van der Waals surface area contributed by atoms with Crippen molar-refractivity contribution in [3.63, 3.8) is 0 Å². The molecule has 124 valence electrons. The van der Waals surface area contributed by atoms with Crippen LogP contribution >= 0.6 is 0 Å². The second-order valence-electron chi connectivity index (χ2n) is 7.71. The number of hydrogen-bond donors (Lipinski definition) is 2. The van der Waals surface area contributed by atoms with Crippen LogP contribution in [-0.4, -0.2) is 37.5 Å². The molecule has 0 radical (unpaired) electrons. The van der Waals surface area contributed by atoms with Crippen molar-refractivity contribution in [1.82, 2.24) is 15.3 Å². The zero-order valence-corrected chi connectivity index (χ0v) is 15.8. The largest absolute Gasteiger partial charge is 0.415 e. The highest BCUT2D eigenvalue weighted by Gasteiger charge is 2.37. The van der Waals surface area contributed by atoms with Gasteiger partial charge >= 0.3 is 0 Å². The number of hydrogen-bond acceptors (Lipinski definition) is 5. The molecule has 0 unspecified atom stereocenters. The van der Waals surface area contributed by atoms with Crippen molar-refractivity contribution in [1.29, 1.82) is 0 Å². The van der Waals surface area contributed by atoms with Crippen LogP contribution in [0.15, 0.2) is 6.20 Å². The molecule has 2 rings (SSSR count). The van der Waals surface area contributed by atoms with E-state index in [4.69, 9.17) is 4.43 Å². The van der Waals surface area contributed by atoms with Gasteiger partial charge in [-0.05, 0) is 43.6 Å². The van der Waals surface area contributed by atoms with Crippen molar-refractivity contribution in [2.45, 2.75) is 64.8 Å². The van der Waals surface area contributed by atoms with E-state index in [1.165, 1.54) is 5.56 Å². The number of fused-ring (bicyclic) bond motifs is 1. The molecule has 0 saturated carbocycles. The summed E-state index contributed by atoms with van der Waals surface area (Å²) in [5, 5.41) is 6.95. The summed E-state index contributed by atoms with van der Waals surface area (Å²) in [6.45, 7) is 16.0. The average Bonchev–Trinajstić information content (AvgIpc) is 2.44. The van der Waals surface area contributed by atoms with Crippen molar-refractivity contribution in [2.75, 3.05) is 18.5 Å². The molecule has 1 aliphatic rings. The summed E-state index contributed by atoms with van der Waals surface area (Å²) >= 11 is 0. The van der Waals surface area contributed by atoms with Gasteiger partial charge in [0, 0.05) is 18.8 Å². The monoisotopic (exact) mass is 322 g/mol. The molecule has 0 amide bonds. The van der Waals surface area contributed by atoms with E-state index in [0.29, 0.717) is 12.6 Å². The minimum Gasteiger partial charge on any atom is -0.415 e. The first-order valence-corrected chi connectivity index (χ1v) is 11.1. The Hall–Kier alpha value is -0.983. The van der Waals surface area contributed by atoms with Gasteiger partial charge in [0.05, 0.1) is 12.3 Å². The molecule has 0 saturated heterocycles. The van der Waals surface area contributed by atoms with Crippen LogP contribution in [0.25, 0.3) is 0 Å². The normalized spacial score (nSPS) is 17.0. The van der Waals surface area contributed by atoms with E-state index < -0.39 is 8.32 Å². The van der Waals surface area contributed by atoms with E-state index in [1.807, 2.05) is 6.20 Å². The molecule has 1 aromatic rings. The number of anilines is 1. The first-order valence-electron chi connectivity index (χ1n) is 8.15. The van der Waals surface area contributed by atoms with Crippen molar-refractivity contribution in [3.05, 3.63) is 17.5 Å². The fraction of sp³-hybridized carbons (Fsp3) is 0.750. The molecule has 1 aromatic heterocycles. The third kappa shape index (κ3) is 4.27. The van der Waals surface area contributed by atoms with Gasteiger partial charge in [0.15, 0.2) is 8.32 Å². The van der Waals surface area contributed by atoms with E-state index in [0.717, 1.165) is 25.2 Å². The van der Waals surface area contributed by atoms with E-state index in [-0.39, 0.29) is 11.1 Å². The predicted octanol–water partition coefficient (Wildman–Crippen LogP) is 2.94. The minimum absolute atomic E-state index is 0.198. The predicted molar refractivity (Wildman–Crippen MR) is 93.7 cm³/mol. The molecule has 22 heavy (non-hydrogen) atoms. The van der Waals surface area contributed by atoms with Crippen LogP contribution < -0.4 is 10.6 Å². The van der Waals surface area contributed by atoms with Crippen LogP contribution in [-0.2, 0) is 17.4 Å². The molecule has 0 bridgehead atoms. The third-order valence-electron chi connectivity index (χ3n) is 4.69. The van der Waals surface area contributed by atoms with Crippen LogP contribution in [0.3, 0.4) is 0 Å². The summed E-state index contributed by atoms with van der Waals surface area (Å²) in [4.78, 5) is 9.05. The fourth-order valence-corrected chi connectivity index (χ4v) is 3.21. The van der Waals surface area contributed by atoms with Crippen molar-refractivity contribution in [2.24, 2.45) is 0 Å². The third-order valence-corrected chi connectivity index (χ3v) is 9.19. The zero-order valence-electron chi connectivity index (χ0n) is 14.8. The molecule has 1 atom stereocenters. The molecule has 0 spiro atoms. The Kier molecular flexibility index (Phi) is 5.24. The van der Waals surface area contributed by atoms with Gasteiger partial charge in [0.2, 0.25) is 5.95 Å². The van der Waals surface area contributed by atoms with Crippen molar-refractivity contribution >= 4 is 14.3 Å². The first-order chi connectivity index (χ1) is 10.2. The Morgan fingerprint density at radius 3 is 2.82 bits per heavy atom. The van der Waals surface area contributed by atoms with Gasteiger partial charge in [-0.3, -0.25) is 0 Å². The quantitative estimate of drug-likeness (QED) is 0.816. The number of rotatable bonds is 5. The Morgan fingerprint density at radius 2 is 2.14 bits per heavy atom. The van der Waals surface area contributed by atoms with Crippen molar-refractivity contribution < 1.29 is 4.43 Å². The maximum Gasteiger partial charge on any atom is 0.223 e. The summed E-state index contributed by atoms with van der Waals surface area (Å²) in [5.74, 6) is 0.703. The van der Waals surface area contributed by atoms with Crippen LogP contribution in [0.5, 0.6) is 0 Å². The molecule has 2 N–H and O–H groups in total. The highest BCUT2D eigenvalue weighted by Crippen LogP contribution is 2.36. The highest BCUT2D eigenvalue weighted by molar-refractivity contribution is 6.74. The molecule has 2 heterocycles. The fourth-order valence-electron chi connectivity index (χ4n) is 2.12. The van der Waals surface area contributed by atoms with Gasteiger partial charge in [-0.15, -0.1) is 0 Å². The Labute approximate surface area is 135 Å². The second kappa shape index (κ2) is 6.64. The first kappa shape index (κ1) is 17.4. The van der Waals surface area contributed by atoms with E-state index in [9.17, 15) is 0 Å². The van der Waals surface area contributed by atoms with Gasteiger partial charge in [0.25, 0.3) is 0 Å². The van der Waals surface area contributed by atoms with Crippen LogP contribution in [0.1, 0.15) is 39.0 Å². The topological polar surface area (TPSA) is 59.1 Å². The Morgan fingerprint density at radius 1 is 1.41 bits per heavy atom. The van der Waals surface area contributed by atoms with Gasteiger partial charge < -0.3 is 15.1 Å². The molecule has 0 aliphatic carbocycles. The van der Waals surface area contributed by atoms with Gasteiger partial charge in [-0.2, -0.15) is 0 Å². The summed E-state index contributed by atoms with van der Waals surface area (Å²) in [7, 11) is -1.70. The van der Waals surface area contributed by atoms with E-state index in [1.54, 1.807) is 0 Å². The van der Waals surface area contributed by atoms with E-state index >= 15 is 0 Å². The molecular weight excluding hydrogens is 292 g/mol. The lowest BCUT2D eigenvalue weighted by Crippen LogP contribution is -2.43. The molecule has 6 heteroatoms. The molecule has 0 fully saturated rings. The maximum absolute atomic E-state index is 6.25. The lowest BCUT2D eigenvalue weighted by Gasteiger charge is -2.37. The number of aromatic nitrogens is 2. The summed E-state index contributed by atoms with van der Waals surface area (Å²) in [6, 6.07) is 0.198. The molecular formula is C16H30N4OSi. The lowest BCUT2D eigenvalue weighted by molar-refractivity contribution is 0.276. The summed E-state index contributed by atoms with van der Waals surface area (Å²) in [5.41, 5.74) is 2.37. The minimum atomic E-state index is -1.70. The van der Waals surface area contributed by atoms with Crippen LogP contribution in [0, 0.1) is 0 Å². The van der Waals surface area contributed by atoms with Crippen LogP contribution in [0.2, 0.25) is 18.1 Å². The summed E-state index contributed by atoms with van der Waals surface area (Å²) in [6.07, 6.45) is 2.96. The van der Waals surface area contributed by atoms with E-state index in [2.05, 4.69) is 61.4 Å². The van der Waals surface area contributed by atoms with Gasteiger partial charge in [0.1, 0.15) is 0 Å². The summed E-state index contributed by atoms with van der Waals surface area (Å²) < 4.78 is 6.25. The number of nitrogens with zero attached hydrogens (tertiary/aromatic N) is 2. The van der Waals surface area contributed by atoms with Gasteiger partial charge in [-0.1, -0.05) is 20.8 Å². The Balaban J connectivity index is 1.91. The smallest absolute Gasteiger partial charge is 0.223 e. The second-order valence-corrected chi connectivity index (χ2v) is 12.5.